The molecule has 1 atom stereocenters. The average molecular weight is 478 g/mol. The molecule has 0 bridgehead atoms. The van der Waals surface area contributed by atoms with E-state index in [1.165, 1.54) is 11.8 Å². The Hall–Kier alpha value is -3.10. The van der Waals surface area contributed by atoms with Gasteiger partial charge in [-0.15, -0.1) is 0 Å². The number of hydrogen-bond donors (Lipinski definition) is 0. The number of hydrogen-bond acceptors (Lipinski definition) is 6. The van der Waals surface area contributed by atoms with Crippen LogP contribution in [-0.2, 0) is 17.8 Å². The lowest BCUT2D eigenvalue weighted by atomic mass is 10.2. The second-order valence-corrected chi connectivity index (χ2v) is 9.57. The third kappa shape index (κ3) is 4.48. The molecule has 1 aromatic carbocycles. The van der Waals surface area contributed by atoms with E-state index in [4.69, 9.17) is 14.1 Å². The number of carbonyl (C=O) groups excluding carboxylic acids is 1. The molecule has 7 nitrogen and oxygen atoms in total. The van der Waals surface area contributed by atoms with Crippen LogP contribution in [0.4, 0.5) is 0 Å². The standard InChI is InChI=1S/C26H27N3O4S/c1-17-13-22(18(2)28(17)14-19-7-5-11-32-19)24(30)16-34-26-27-23-10-4-3-9-21(23)25(31)29(26)15-20-8-6-12-33-20/h3-4,6,8-10,12-13,19H,5,7,11,14-16H2,1-2H3. The molecule has 0 aliphatic carbocycles. The monoisotopic (exact) mass is 477 g/mol. The van der Waals surface area contributed by atoms with E-state index in [2.05, 4.69) is 4.57 Å². The zero-order valence-electron chi connectivity index (χ0n) is 19.3. The van der Waals surface area contributed by atoms with Crippen LogP contribution < -0.4 is 5.56 Å². The van der Waals surface area contributed by atoms with E-state index in [0.29, 0.717) is 27.4 Å². The third-order valence-electron chi connectivity index (χ3n) is 6.34. The fourth-order valence-corrected chi connectivity index (χ4v) is 5.40. The van der Waals surface area contributed by atoms with Gasteiger partial charge in [-0.05, 0) is 57.0 Å². The van der Waals surface area contributed by atoms with Gasteiger partial charge in [0.2, 0.25) is 0 Å². The summed E-state index contributed by atoms with van der Waals surface area (Å²) in [6.07, 6.45) is 3.93. The molecule has 34 heavy (non-hydrogen) atoms. The van der Waals surface area contributed by atoms with E-state index in [1.807, 2.05) is 44.2 Å². The first-order valence-corrected chi connectivity index (χ1v) is 12.5. The Morgan fingerprint density at radius 3 is 2.79 bits per heavy atom. The fourth-order valence-electron chi connectivity index (χ4n) is 4.52. The lowest BCUT2D eigenvalue weighted by Gasteiger charge is -2.15. The Morgan fingerprint density at radius 1 is 1.18 bits per heavy atom. The number of ketones is 1. The zero-order valence-corrected chi connectivity index (χ0v) is 20.1. The fraction of sp³-hybridized carbons (Fsp3) is 0.346. The quantitative estimate of drug-likeness (QED) is 0.209. The summed E-state index contributed by atoms with van der Waals surface area (Å²) in [4.78, 5) is 31.2. The summed E-state index contributed by atoms with van der Waals surface area (Å²) in [5.41, 5.74) is 3.20. The highest BCUT2D eigenvalue weighted by Gasteiger charge is 2.22. The Bertz CT molecular complexity index is 1380. The molecule has 5 rings (SSSR count). The van der Waals surface area contributed by atoms with Crippen LogP contribution in [-0.4, -0.2) is 38.4 Å². The first-order chi connectivity index (χ1) is 16.5. The van der Waals surface area contributed by atoms with Crippen molar-refractivity contribution in [2.75, 3.05) is 12.4 Å². The van der Waals surface area contributed by atoms with E-state index >= 15 is 0 Å². The van der Waals surface area contributed by atoms with Gasteiger partial charge in [-0.3, -0.25) is 14.2 Å². The van der Waals surface area contributed by atoms with Gasteiger partial charge < -0.3 is 13.7 Å². The van der Waals surface area contributed by atoms with E-state index in [-0.39, 0.29) is 29.7 Å². The van der Waals surface area contributed by atoms with Crippen molar-refractivity contribution >= 4 is 28.4 Å². The van der Waals surface area contributed by atoms with Crippen molar-refractivity contribution in [2.45, 2.75) is 51.0 Å². The highest BCUT2D eigenvalue weighted by atomic mass is 32.2. The van der Waals surface area contributed by atoms with Crippen LogP contribution in [0.1, 0.15) is 40.3 Å². The van der Waals surface area contributed by atoms with Crippen molar-refractivity contribution in [3.63, 3.8) is 0 Å². The van der Waals surface area contributed by atoms with Crippen LogP contribution in [0.15, 0.2) is 63.1 Å². The molecule has 0 saturated carbocycles. The van der Waals surface area contributed by atoms with Crippen LogP contribution in [0.3, 0.4) is 0 Å². The molecule has 1 aliphatic heterocycles. The van der Waals surface area contributed by atoms with Crippen LogP contribution in [0, 0.1) is 13.8 Å². The van der Waals surface area contributed by atoms with Gasteiger partial charge in [0, 0.05) is 30.1 Å². The predicted octanol–water partition coefficient (Wildman–Crippen LogP) is 4.61. The number of aryl methyl sites for hydroxylation is 1. The van der Waals surface area contributed by atoms with Crippen LogP contribution in [0.5, 0.6) is 0 Å². The van der Waals surface area contributed by atoms with Crippen molar-refractivity contribution in [3.8, 4) is 0 Å². The van der Waals surface area contributed by atoms with Gasteiger partial charge in [0.1, 0.15) is 5.76 Å². The molecular formula is C26H27N3O4S. The minimum atomic E-state index is -0.147. The van der Waals surface area contributed by atoms with Gasteiger partial charge in [-0.2, -0.15) is 0 Å². The number of rotatable bonds is 8. The molecular weight excluding hydrogens is 450 g/mol. The summed E-state index contributed by atoms with van der Waals surface area (Å²) < 4.78 is 15.0. The van der Waals surface area contributed by atoms with Crippen molar-refractivity contribution in [1.29, 1.82) is 0 Å². The van der Waals surface area contributed by atoms with Gasteiger partial charge in [-0.25, -0.2) is 4.98 Å². The largest absolute Gasteiger partial charge is 0.467 e. The number of benzene rings is 1. The summed E-state index contributed by atoms with van der Waals surface area (Å²) in [5.74, 6) is 0.862. The van der Waals surface area contributed by atoms with Crippen LogP contribution in [0.2, 0.25) is 0 Å². The summed E-state index contributed by atoms with van der Waals surface area (Å²) in [7, 11) is 0. The highest BCUT2D eigenvalue weighted by Crippen LogP contribution is 2.24. The highest BCUT2D eigenvalue weighted by molar-refractivity contribution is 7.99. The first-order valence-electron chi connectivity index (χ1n) is 11.5. The molecule has 176 valence electrons. The van der Waals surface area contributed by atoms with Gasteiger partial charge in [0.05, 0.1) is 35.6 Å². The number of fused-ring (bicyclic) bond motifs is 1. The summed E-state index contributed by atoms with van der Waals surface area (Å²) >= 11 is 1.28. The summed E-state index contributed by atoms with van der Waals surface area (Å²) in [6, 6.07) is 12.8. The SMILES string of the molecule is Cc1cc(C(=O)CSc2nc3ccccc3c(=O)n2Cc2ccco2)c(C)n1CC1CCCO1. The van der Waals surface area contributed by atoms with Gasteiger partial charge >= 0.3 is 0 Å². The van der Waals surface area contributed by atoms with Crippen molar-refractivity contribution in [1.82, 2.24) is 14.1 Å². The molecule has 0 spiro atoms. The minimum Gasteiger partial charge on any atom is -0.467 e. The smallest absolute Gasteiger partial charge is 0.262 e. The molecule has 3 aromatic heterocycles. The van der Waals surface area contributed by atoms with E-state index in [1.54, 1.807) is 23.0 Å². The Labute approximate surface area is 201 Å². The number of thioether (sulfide) groups is 1. The Morgan fingerprint density at radius 2 is 2.03 bits per heavy atom. The van der Waals surface area contributed by atoms with Gasteiger partial charge in [-0.1, -0.05) is 23.9 Å². The molecule has 4 aromatic rings. The normalized spacial score (nSPS) is 15.9. The van der Waals surface area contributed by atoms with Crippen molar-refractivity contribution in [2.24, 2.45) is 0 Å². The average Bonchev–Trinajstić information content (AvgIpc) is 3.59. The summed E-state index contributed by atoms with van der Waals surface area (Å²) in [5, 5.41) is 1.05. The third-order valence-corrected chi connectivity index (χ3v) is 7.31. The van der Waals surface area contributed by atoms with E-state index in [9.17, 15) is 9.59 Å². The van der Waals surface area contributed by atoms with Crippen LogP contribution in [0.25, 0.3) is 10.9 Å². The Balaban J connectivity index is 1.40. The summed E-state index contributed by atoms with van der Waals surface area (Å²) in [6.45, 7) is 5.85. The maximum atomic E-state index is 13.2. The van der Waals surface area contributed by atoms with Crippen LogP contribution >= 0.6 is 11.8 Å². The maximum Gasteiger partial charge on any atom is 0.262 e. The molecule has 4 heterocycles. The minimum absolute atomic E-state index is 0.0173. The number of para-hydroxylation sites is 1. The van der Waals surface area contributed by atoms with E-state index < -0.39 is 0 Å². The number of aromatic nitrogens is 3. The molecule has 1 aliphatic rings. The number of Topliss-reactive ketones (excluding diaryl/α,β-unsaturated/α-hetero) is 1. The molecule has 1 unspecified atom stereocenters. The molecule has 0 N–H and O–H groups in total. The number of carbonyl (C=O) groups is 1. The van der Waals surface area contributed by atoms with Crippen molar-refractivity contribution < 1.29 is 13.9 Å². The first kappa shape index (κ1) is 22.7. The van der Waals surface area contributed by atoms with Crippen molar-refractivity contribution in [3.05, 3.63) is 81.8 Å². The Kier molecular flexibility index (Phi) is 6.43. The molecule has 8 heteroatoms. The van der Waals surface area contributed by atoms with Gasteiger partial charge in [0.15, 0.2) is 10.9 Å². The number of furan rings is 1. The van der Waals surface area contributed by atoms with Gasteiger partial charge in [0.25, 0.3) is 5.56 Å². The lowest BCUT2D eigenvalue weighted by molar-refractivity contribution is 0.0957. The van der Waals surface area contributed by atoms with E-state index in [0.717, 1.165) is 37.4 Å². The lowest BCUT2D eigenvalue weighted by Crippen LogP contribution is -2.24. The zero-order chi connectivity index (χ0) is 23.7. The molecule has 0 radical (unpaired) electrons. The number of ether oxygens (including phenoxy) is 1. The second-order valence-electron chi connectivity index (χ2n) is 8.62. The number of nitrogens with zero attached hydrogens (tertiary/aromatic N) is 3. The molecule has 1 fully saturated rings. The maximum absolute atomic E-state index is 13.2. The molecule has 1 saturated heterocycles. The topological polar surface area (TPSA) is 79.3 Å². The predicted molar refractivity (Wildman–Crippen MR) is 132 cm³/mol. The molecule has 0 amide bonds. The second kappa shape index (κ2) is 9.64.